The van der Waals surface area contributed by atoms with Crippen LogP contribution in [0.5, 0.6) is 0 Å². The average Bonchev–Trinajstić information content (AvgIpc) is 3.10. The molecule has 5 heteroatoms. The molecule has 1 amide bonds. The van der Waals surface area contributed by atoms with Crippen molar-refractivity contribution in [2.75, 3.05) is 32.8 Å². The van der Waals surface area contributed by atoms with Crippen molar-refractivity contribution in [1.82, 2.24) is 9.80 Å². The van der Waals surface area contributed by atoms with Gasteiger partial charge in [0.25, 0.3) is 0 Å². The normalized spacial score (nSPS) is 36.1. The Balaban J connectivity index is 1.51. The fourth-order valence-corrected chi connectivity index (χ4v) is 3.48. The Morgan fingerprint density at radius 3 is 2.95 bits per heavy atom. The number of nitriles is 1. The van der Waals surface area contributed by atoms with Gasteiger partial charge in [-0.15, -0.1) is 0 Å². The van der Waals surface area contributed by atoms with Gasteiger partial charge in [-0.05, 0) is 19.3 Å². The highest BCUT2D eigenvalue weighted by Crippen LogP contribution is 2.25. The maximum atomic E-state index is 11.9. The summed E-state index contributed by atoms with van der Waals surface area (Å²) in [6, 6.07) is 2.53. The summed E-state index contributed by atoms with van der Waals surface area (Å²) in [6.07, 6.45) is 4.19. The fraction of sp³-hybridized carbons (Fsp3) is 0.857. The molecule has 3 fully saturated rings. The van der Waals surface area contributed by atoms with Crippen LogP contribution >= 0.6 is 0 Å². The minimum Gasteiger partial charge on any atom is -0.377 e. The maximum absolute atomic E-state index is 11.9. The van der Waals surface area contributed by atoms with Crippen LogP contribution in [-0.2, 0) is 9.53 Å². The van der Waals surface area contributed by atoms with E-state index in [1.807, 2.05) is 4.90 Å². The van der Waals surface area contributed by atoms with E-state index in [2.05, 4.69) is 11.0 Å². The molecule has 104 valence electrons. The van der Waals surface area contributed by atoms with E-state index in [9.17, 15) is 4.79 Å². The van der Waals surface area contributed by atoms with Gasteiger partial charge >= 0.3 is 0 Å². The number of ether oxygens (including phenoxy) is 1. The van der Waals surface area contributed by atoms with Crippen molar-refractivity contribution < 1.29 is 9.53 Å². The molecule has 3 aliphatic heterocycles. The molecule has 0 spiro atoms. The highest BCUT2D eigenvalue weighted by atomic mass is 16.5. The summed E-state index contributed by atoms with van der Waals surface area (Å²) in [5.74, 6) is 0.0650. The molecule has 3 atom stereocenters. The van der Waals surface area contributed by atoms with Crippen LogP contribution in [0.15, 0.2) is 0 Å². The molecule has 0 radical (unpaired) electrons. The molecule has 0 N–H and O–H groups in total. The van der Waals surface area contributed by atoms with Gasteiger partial charge in [-0.2, -0.15) is 5.26 Å². The van der Waals surface area contributed by atoms with Crippen molar-refractivity contribution in [2.24, 2.45) is 5.92 Å². The second-order valence-corrected chi connectivity index (χ2v) is 5.91. The van der Waals surface area contributed by atoms with Gasteiger partial charge in [-0.25, -0.2) is 0 Å². The van der Waals surface area contributed by atoms with Gasteiger partial charge in [0.1, 0.15) is 0 Å². The van der Waals surface area contributed by atoms with Gasteiger partial charge in [0.15, 0.2) is 0 Å². The number of rotatable bonds is 3. The lowest BCUT2D eigenvalue weighted by molar-refractivity contribution is -0.129. The zero-order valence-electron chi connectivity index (χ0n) is 11.3. The predicted octanol–water partition coefficient (Wildman–Crippen LogP) is 0.612. The third kappa shape index (κ3) is 2.75. The topological polar surface area (TPSA) is 56.6 Å². The Bertz CT molecular complexity index is 387. The largest absolute Gasteiger partial charge is 0.377 e. The summed E-state index contributed by atoms with van der Waals surface area (Å²) < 4.78 is 5.67. The average molecular weight is 263 g/mol. The lowest BCUT2D eigenvalue weighted by Gasteiger charge is -2.25. The Kier molecular flexibility index (Phi) is 3.72. The Morgan fingerprint density at radius 1 is 1.37 bits per heavy atom. The van der Waals surface area contributed by atoms with Crippen molar-refractivity contribution in [3.63, 3.8) is 0 Å². The van der Waals surface area contributed by atoms with Crippen molar-refractivity contribution >= 4 is 5.91 Å². The number of hydrogen-bond acceptors (Lipinski definition) is 4. The zero-order valence-corrected chi connectivity index (χ0v) is 11.3. The summed E-state index contributed by atoms with van der Waals surface area (Å²) in [5, 5.41) is 8.93. The van der Waals surface area contributed by atoms with Crippen LogP contribution in [0.2, 0.25) is 0 Å². The van der Waals surface area contributed by atoms with E-state index in [-0.39, 0.29) is 11.8 Å². The van der Waals surface area contributed by atoms with Crippen molar-refractivity contribution in [3.05, 3.63) is 0 Å². The number of carbonyl (C=O) groups excluding carboxylic acids is 1. The molecule has 19 heavy (non-hydrogen) atoms. The molecule has 0 aliphatic carbocycles. The quantitative estimate of drug-likeness (QED) is 0.748. The van der Waals surface area contributed by atoms with Gasteiger partial charge in [-0.3, -0.25) is 9.69 Å². The molecule has 0 aromatic heterocycles. The first-order valence-corrected chi connectivity index (χ1v) is 7.29. The predicted molar refractivity (Wildman–Crippen MR) is 69.3 cm³/mol. The Morgan fingerprint density at radius 2 is 2.26 bits per heavy atom. The molecular weight excluding hydrogens is 242 g/mol. The molecule has 0 saturated carbocycles. The summed E-state index contributed by atoms with van der Waals surface area (Å²) in [5.41, 5.74) is 0. The molecule has 0 aromatic rings. The van der Waals surface area contributed by atoms with E-state index in [1.165, 1.54) is 12.8 Å². The molecule has 5 nitrogen and oxygen atoms in total. The number of carbonyl (C=O) groups is 1. The van der Waals surface area contributed by atoms with Crippen LogP contribution in [0.25, 0.3) is 0 Å². The number of likely N-dealkylation sites (tertiary alicyclic amines) is 2. The number of nitrogens with zero attached hydrogens (tertiary/aromatic N) is 3. The van der Waals surface area contributed by atoms with Gasteiger partial charge < -0.3 is 9.64 Å². The highest BCUT2D eigenvalue weighted by Gasteiger charge is 2.37. The lowest BCUT2D eigenvalue weighted by atomic mass is 10.1. The third-order valence-corrected chi connectivity index (χ3v) is 4.52. The van der Waals surface area contributed by atoms with Crippen molar-refractivity contribution in [3.8, 4) is 6.07 Å². The number of hydrogen-bond donors (Lipinski definition) is 0. The van der Waals surface area contributed by atoms with E-state index in [4.69, 9.17) is 10.00 Å². The zero-order chi connectivity index (χ0) is 13.2. The van der Waals surface area contributed by atoms with E-state index in [0.717, 1.165) is 32.7 Å². The van der Waals surface area contributed by atoms with Crippen molar-refractivity contribution in [1.29, 1.82) is 5.26 Å². The summed E-state index contributed by atoms with van der Waals surface area (Å²) in [7, 11) is 0. The van der Waals surface area contributed by atoms with Gasteiger partial charge in [-0.1, -0.05) is 0 Å². The second kappa shape index (κ2) is 5.48. The minimum atomic E-state index is -0.0975. The number of amides is 1. The Hall–Kier alpha value is -1.12. The van der Waals surface area contributed by atoms with Gasteiger partial charge in [0.05, 0.1) is 18.1 Å². The summed E-state index contributed by atoms with van der Waals surface area (Å²) in [4.78, 5) is 16.3. The first kappa shape index (κ1) is 12.9. The summed E-state index contributed by atoms with van der Waals surface area (Å²) in [6.45, 7) is 4.53. The first-order valence-electron chi connectivity index (χ1n) is 7.29. The SMILES string of the molecule is N#CC1CC(=O)N(C2CCN(CC3CCCO3)C2)C1. The van der Waals surface area contributed by atoms with Crippen LogP contribution in [0, 0.1) is 17.2 Å². The van der Waals surface area contributed by atoms with E-state index in [1.54, 1.807) is 0 Å². The molecule has 3 rings (SSSR count). The van der Waals surface area contributed by atoms with Crippen LogP contribution in [0.4, 0.5) is 0 Å². The molecule has 3 unspecified atom stereocenters. The third-order valence-electron chi connectivity index (χ3n) is 4.52. The lowest BCUT2D eigenvalue weighted by Crippen LogP contribution is -2.39. The maximum Gasteiger partial charge on any atom is 0.224 e. The summed E-state index contributed by atoms with van der Waals surface area (Å²) >= 11 is 0. The first-order chi connectivity index (χ1) is 9.26. The molecular formula is C14H21N3O2. The monoisotopic (exact) mass is 263 g/mol. The fourth-order valence-electron chi connectivity index (χ4n) is 3.48. The standard InChI is InChI=1S/C14H21N3O2/c15-7-11-6-14(18)17(8-11)12-3-4-16(9-12)10-13-2-1-5-19-13/h11-13H,1-6,8-10H2. The van der Waals surface area contributed by atoms with Crippen LogP contribution in [0.1, 0.15) is 25.7 Å². The van der Waals surface area contributed by atoms with E-state index >= 15 is 0 Å². The Labute approximate surface area is 114 Å². The molecule has 0 aromatic carbocycles. The molecule has 0 bridgehead atoms. The molecule has 3 heterocycles. The second-order valence-electron chi connectivity index (χ2n) is 5.91. The highest BCUT2D eigenvalue weighted by molar-refractivity contribution is 5.79. The van der Waals surface area contributed by atoms with Crippen LogP contribution < -0.4 is 0 Å². The minimum absolute atomic E-state index is 0.0975. The van der Waals surface area contributed by atoms with Gasteiger partial charge in [0, 0.05) is 45.2 Å². The van der Waals surface area contributed by atoms with Crippen molar-refractivity contribution in [2.45, 2.75) is 37.8 Å². The molecule has 3 saturated heterocycles. The van der Waals surface area contributed by atoms with E-state index < -0.39 is 0 Å². The van der Waals surface area contributed by atoms with Crippen LogP contribution in [0.3, 0.4) is 0 Å². The van der Waals surface area contributed by atoms with Crippen LogP contribution in [-0.4, -0.2) is 60.6 Å². The van der Waals surface area contributed by atoms with Gasteiger partial charge in [0.2, 0.25) is 5.91 Å². The molecule has 3 aliphatic rings. The van der Waals surface area contributed by atoms with E-state index in [0.29, 0.717) is 25.1 Å². The smallest absolute Gasteiger partial charge is 0.224 e.